The summed E-state index contributed by atoms with van der Waals surface area (Å²) in [7, 11) is 0. The second-order valence-electron chi connectivity index (χ2n) is 4.52. The number of hydrogen-bond acceptors (Lipinski definition) is 3. The molecule has 1 saturated heterocycles. The van der Waals surface area contributed by atoms with Gasteiger partial charge >= 0.3 is 0 Å². The van der Waals surface area contributed by atoms with Crippen molar-refractivity contribution in [3.63, 3.8) is 0 Å². The summed E-state index contributed by atoms with van der Waals surface area (Å²) in [4.78, 5) is 6.70. The van der Waals surface area contributed by atoms with Gasteiger partial charge in [0.2, 0.25) is 0 Å². The molecule has 0 amide bonds. The fourth-order valence-electron chi connectivity index (χ4n) is 2.23. The van der Waals surface area contributed by atoms with E-state index in [1.807, 2.05) is 12.1 Å². The second kappa shape index (κ2) is 5.02. The highest BCUT2D eigenvalue weighted by Crippen LogP contribution is 2.26. The molecule has 1 aliphatic rings. The van der Waals surface area contributed by atoms with E-state index in [1.165, 1.54) is 12.8 Å². The lowest BCUT2D eigenvalue weighted by Crippen LogP contribution is -2.44. The summed E-state index contributed by atoms with van der Waals surface area (Å²) in [6.45, 7) is 4.01. The Labute approximate surface area is 102 Å². The molecule has 1 aromatic rings. The summed E-state index contributed by atoms with van der Waals surface area (Å²) < 4.78 is 0. The molecule has 2 heterocycles. The van der Waals surface area contributed by atoms with Crippen LogP contribution in [-0.4, -0.2) is 24.1 Å². The number of nitrogens with zero attached hydrogens (tertiary/aromatic N) is 2. The maximum atomic E-state index is 5.84. The van der Waals surface area contributed by atoms with Crippen molar-refractivity contribution in [2.75, 3.05) is 18.0 Å². The van der Waals surface area contributed by atoms with Crippen molar-refractivity contribution >= 4 is 17.4 Å². The van der Waals surface area contributed by atoms with Crippen LogP contribution >= 0.6 is 11.6 Å². The van der Waals surface area contributed by atoms with Crippen molar-refractivity contribution < 1.29 is 0 Å². The molecule has 2 rings (SSSR count). The molecule has 0 aliphatic carbocycles. The van der Waals surface area contributed by atoms with E-state index in [9.17, 15) is 0 Å². The molecule has 16 heavy (non-hydrogen) atoms. The predicted molar refractivity (Wildman–Crippen MR) is 67.8 cm³/mol. The molecule has 0 spiro atoms. The Morgan fingerprint density at radius 2 is 2.31 bits per heavy atom. The average Bonchev–Trinajstić information content (AvgIpc) is 2.31. The van der Waals surface area contributed by atoms with Crippen molar-refractivity contribution in [1.29, 1.82) is 0 Å². The summed E-state index contributed by atoms with van der Waals surface area (Å²) in [6, 6.07) is 4.41. The molecule has 0 radical (unpaired) electrons. The van der Waals surface area contributed by atoms with Crippen LogP contribution in [0.1, 0.15) is 19.8 Å². The Morgan fingerprint density at radius 1 is 1.50 bits per heavy atom. The zero-order chi connectivity index (χ0) is 11.5. The smallest absolute Gasteiger partial charge is 0.128 e. The highest BCUT2D eigenvalue weighted by atomic mass is 35.5. The Bertz CT molecular complexity index is 339. The Balaban J connectivity index is 2.14. The molecule has 0 bridgehead atoms. The number of rotatable bonds is 2. The molecule has 0 aromatic carbocycles. The molecular formula is C12H18ClN3. The first-order valence-electron chi connectivity index (χ1n) is 5.79. The van der Waals surface area contributed by atoms with E-state index in [1.54, 1.807) is 6.20 Å². The van der Waals surface area contributed by atoms with Gasteiger partial charge in [0, 0.05) is 18.8 Å². The van der Waals surface area contributed by atoms with Crippen molar-refractivity contribution in [1.82, 2.24) is 4.98 Å². The lowest BCUT2D eigenvalue weighted by Gasteiger charge is -2.38. The highest BCUT2D eigenvalue weighted by molar-refractivity contribution is 6.30. The van der Waals surface area contributed by atoms with Gasteiger partial charge in [-0.3, -0.25) is 0 Å². The van der Waals surface area contributed by atoms with Crippen molar-refractivity contribution in [3.05, 3.63) is 23.4 Å². The van der Waals surface area contributed by atoms with Crippen LogP contribution < -0.4 is 10.6 Å². The monoisotopic (exact) mass is 239 g/mol. The minimum atomic E-state index is 0.538. The fourth-order valence-corrected chi connectivity index (χ4v) is 2.34. The fraction of sp³-hybridized carbons (Fsp3) is 0.583. The van der Waals surface area contributed by atoms with Gasteiger partial charge in [0.25, 0.3) is 0 Å². The van der Waals surface area contributed by atoms with E-state index >= 15 is 0 Å². The Hall–Kier alpha value is -0.800. The molecule has 3 nitrogen and oxygen atoms in total. The van der Waals surface area contributed by atoms with E-state index in [0.29, 0.717) is 17.0 Å². The number of nitrogens with two attached hydrogens (primary N) is 1. The predicted octanol–water partition coefficient (Wildman–Crippen LogP) is 2.30. The SMILES string of the molecule is CC1CCC(CN)CN1c1ccc(Cl)cn1. The lowest BCUT2D eigenvalue weighted by atomic mass is 9.93. The van der Waals surface area contributed by atoms with Crippen LogP contribution in [0.15, 0.2) is 18.3 Å². The van der Waals surface area contributed by atoms with E-state index in [2.05, 4.69) is 16.8 Å². The van der Waals surface area contributed by atoms with Crippen LogP contribution in [0.4, 0.5) is 5.82 Å². The van der Waals surface area contributed by atoms with Crippen LogP contribution in [0, 0.1) is 5.92 Å². The number of aromatic nitrogens is 1. The molecule has 2 N–H and O–H groups in total. The van der Waals surface area contributed by atoms with Gasteiger partial charge in [0.15, 0.2) is 0 Å². The van der Waals surface area contributed by atoms with E-state index < -0.39 is 0 Å². The summed E-state index contributed by atoms with van der Waals surface area (Å²) in [6.07, 6.45) is 4.11. The summed E-state index contributed by atoms with van der Waals surface area (Å²) >= 11 is 5.84. The third-order valence-electron chi connectivity index (χ3n) is 3.32. The summed E-state index contributed by atoms with van der Waals surface area (Å²) in [5.74, 6) is 1.60. The molecule has 88 valence electrons. The van der Waals surface area contributed by atoms with Crippen molar-refractivity contribution in [2.24, 2.45) is 11.7 Å². The number of piperidine rings is 1. The molecule has 1 aromatic heterocycles. The topological polar surface area (TPSA) is 42.1 Å². The molecule has 2 unspecified atom stereocenters. The first-order chi connectivity index (χ1) is 7.70. The van der Waals surface area contributed by atoms with E-state index in [-0.39, 0.29) is 0 Å². The minimum absolute atomic E-state index is 0.538. The minimum Gasteiger partial charge on any atom is -0.354 e. The number of hydrogen-bond donors (Lipinski definition) is 1. The summed E-state index contributed by atoms with van der Waals surface area (Å²) in [5.41, 5.74) is 5.74. The molecule has 1 aliphatic heterocycles. The first kappa shape index (κ1) is 11.7. The first-order valence-corrected chi connectivity index (χ1v) is 6.16. The van der Waals surface area contributed by atoms with Gasteiger partial charge in [-0.2, -0.15) is 0 Å². The zero-order valence-electron chi connectivity index (χ0n) is 9.56. The van der Waals surface area contributed by atoms with Gasteiger partial charge in [-0.1, -0.05) is 11.6 Å². The van der Waals surface area contributed by atoms with Gasteiger partial charge in [0.05, 0.1) is 5.02 Å². The maximum absolute atomic E-state index is 5.84. The quantitative estimate of drug-likeness (QED) is 0.861. The highest BCUT2D eigenvalue weighted by Gasteiger charge is 2.25. The van der Waals surface area contributed by atoms with Gasteiger partial charge in [-0.15, -0.1) is 0 Å². The Morgan fingerprint density at radius 3 is 2.94 bits per heavy atom. The Kier molecular flexibility index (Phi) is 3.66. The average molecular weight is 240 g/mol. The van der Waals surface area contributed by atoms with E-state index in [4.69, 9.17) is 17.3 Å². The number of anilines is 1. The molecule has 2 atom stereocenters. The van der Waals surface area contributed by atoms with E-state index in [0.717, 1.165) is 18.9 Å². The molecular weight excluding hydrogens is 222 g/mol. The maximum Gasteiger partial charge on any atom is 0.128 e. The van der Waals surface area contributed by atoms with Crippen LogP contribution in [0.2, 0.25) is 5.02 Å². The van der Waals surface area contributed by atoms with Crippen LogP contribution in [-0.2, 0) is 0 Å². The van der Waals surface area contributed by atoms with Gasteiger partial charge in [0.1, 0.15) is 5.82 Å². The second-order valence-corrected chi connectivity index (χ2v) is 4.95. The lowest BCUT2D eigenvalue weighted by molar-refractivity contribution is 0.372. The van der Waals surface area contributed by atoms with Gasteiger partial charge < -0.3 is 10.6 Å². The van der Waals surface area contributed by atoms with Crippen molar-refractivity contribution in [2.45, 2.75) is 25.8 Å². The molecule has 4 heteroatoms. The third-order valence-corrected chi connectivity index (χ3v) is 3.54. The molecule has 0 saturated carbocycles. The van der Waals surface area contributed by atoms with Crippen LogP contribution in [0.5, 0.6) is 0 Å². The van der Waals surface area contributed by atoms with Gasteiger partial charge in [-0.25, -0.2) is 4.98 Å². The molecule has 1 fully saturated rings. The summed E-state index contributed by atoms with van der Waals surface area (Å²) in [5, 5.41) is 0.684. The third kappa shape index (κ3) is 2.47. The van der Waals surface area contributed by atoms with Gasteiger partial charge in [-0.05, 0) is 44.4 Å². The largest absolute Gasteiger partial charge is 0.354 e. The standard InChI is InChI=1S/C12H18ClN3/c1-9-2-3-10(6-14)8-16(9)12-5-4-11(13)7-15-12/h4-5,7,9-10H,2-3,6,8,14H2,1H3. The van der Waals surface area contributed by atoms with Crippen LogP contribution in [0.3, 0.4) is 0 Å². The number of pyridine rings is 1. The number of halogens is 1. The van der Waals surface area contributed by atoms with Crippen LogP contribution in [0.25, 0.3) is 0 Å². The van der Waals surface area contributed by atoms with Crippen molar-refractivity contribution in [3.8, 4) is 0 Å². The zero-order valence-corrected chi connectivity index (χ0v) is 10.3. The normalized spacial score (nSPS) is 25.8.